The van der Waals surface area contributed by atoms with E-state index in [1.165, 1.54) is 5.39 Å². The van der Waals surface area contributed by atoms with E-state index in [2.05, 4.69) is 48.4 Å². The molecule has 0 fully saturated rings. The molecule has 1 atom stereocenters. The maximum atomic E-state index is 6.05. The topological polar surface area (TPSA) is 38.1 Å². The maximum absolute atomic E-state index is 6.05. The van der Waals surface area contributed by atoms with Gasteiger partial charge in [-0.3, -0.25) is 4.98 Å². The molecule has 0 aliphatic carbocycles. The van der Waals surface area contributed by atoms with Crippen molar-refractivity contribution in [2.75, 3.05) is 6.54 Å². The van der Waals surface area contributed by atoms with Gasteiger partial charge in [0.25, 0.3) is 0 Å². The Bertz CT molecular complexity index is 727. The number of nitrogens with zero attached hydrogens (tertiary/aromatic N) is 1. The van der Waals surface area contributed by atoms with Crippen LogP contribution in [0.15, 0.2) is 53.2 Å². The summed E-state index contributed by atoms with van der Waals surface area (Å²) in [7, 11) is 0. The van der Waals surface area contributed by atoms with Crippen LogP contribution in [-0.2, 0) is 0 Å². The maximum Gasteiger partial charge on any atom is 0.134 e. The Morgan fingerprint density at radius 1 is 1.19 bits per heavy atom. The number of nitrogens with one attached hydrogen (secondary N) is 1. The van der Waals surface area contributed by atoms with Crippen molar-refractivity contribution in [2.45, 2.75) is 26.3 Å². The standard InChI is InChI=1S/C18H20N2O/c1-3-10-20-13(2)17-7-8-18(21-17)16-6-4-5-14-12-19-11-9-15(14)16/h4-9,11-13,20H,3,10H2,1-2H3. The summed E-state index contributed by atoms with van der Waals surface area (Å²) in [5.41, 5.74) is 1.11. The fourth-order valence-electron chi connectivity index (χ4n) is 2.53. The number of hydrogen-bond acceptors (Lipinski definition) is 3. The minimum Gasteiger partial charge on any atom is -0.459 e. The van der Waals surface area contributed by atoms with Gasteiger partial charge in [0.1, 0.15) is 11.5 Å². The van der Waals surface area contributed by atoms with Crippen LogP contribution in [0.5, 0.6) is 0 Å². The number of fused-ring (bicyclic) bond motifs is 1. The lowest BCUT2D eigenvalue weighted by molar-refractivity contribution is 0.439. The average Bonchev–Trinajstić information content (AvgIpc) is 3.02. The lowest BCUT2D eigenvalue weighted by atomic mass is 10.1. The molecule has 1 aromatic carbocycles. The first-order valence-electron chi connectivity index (χ1n) is 7.46. The highest BCUT2D eigenvalue weighted by atomic mass is 16.3. The predicted molar refractivity (Wildman–Crippen MR) is 86.2 cm³/mol. The van der Waals surface area contributed by atoms with E-state index in [0.29, 0.717) is 0 Å². The van der Waals surface area contributed by atoms with Gasteiger partial charge in [-0.25, -0.2) is 0 Å². The van der Waals surface area contributed by atoms with Crippen molar-refractivity contribution in [1.29, 1.82) is 0 Å². The Morgan fingerprint density at radius 2 is 2.10 bits per heavy atom. The van der Waals surface area contributed by atoms with Crippen LogP contribution in [0.1, 0.15) is 32.1 Å². The third kappa shape index (κ3) is 2.83. The molecule has 3 nitrogen and oxygen atoms in total. The summed E-state index contributed by atoms with van der Waals surface area (Å²) < 4.78 is 6.05. The molecule has 0 spiro atoms. The van der Waals surface area contributed by atoms with E-state index in [0.717, 1.165) is 35.4 Å². The molecule has 0 radical (unpaired) electrons. The minimum atomic E-state index is 0.232. The van der Waals surface area contributed by atoms with Crippen molar-refractivity contribution in [2.24, 2.45) is 0 Å². The average molecular weight is 280 g/mol. The van der Waals surface area contributed by atoms with E-state index in [1.807, 2.05) is 24.5 Å². The second-order valence-electron chi connectivity index (χ2n) is 5.28. The van der Waals surface area contributed by atoms with Gasteiger partial charge in [-0.15, -0.1) is 0 Å². The molecular weight excluding hydrogens is 260 g/mol. The lowest BCUT2D eigenvalue weighted by Crippen LogP contribution is -2.18. The van der Waals surface area contributed by atoms with Crippen LogP contribution in [0.3, 0.4) is 0 Å². The van der Waals surface area contributed by atoms with E-state index in [4.69, 9.17) is 4.42 Å². The minimum absolute atomic E-state index is 0.232. The van der Waals surface area contributed by atoms with Crippen molar-refractivity contribution in [3.8, 4) is 11.3 Å². The first kappa shape index (κ1) is 13.8. The molecular formula is C18H20N2O. The van der Waals surface area contributed by atoms with Crippen LogP contribution in [0.2, 0.25) is 0 Å². The summed E-state index contributed by atoms with van der Waals surface area (Å²) in [5, 5.41) is 5.75. The third-order valence-corrected chi connectivity index (χ3v) is 3.70. The van der Waals surface area contributed by atoms with Gasteiger partial charge in [-0.2, -0.15) is 0 Å². The van der Waals surface area contributed by atoms with E-state index >= 15 is 0 Å². The normalized spacial score (nSPS) is 12.7. The molecule has 3 heteroatoms. The van der Waals surface area contributed by atoms with E-state index < -0.39 is 0 Å². The molecule has 0 aliphatic heterocycles. The van der Waals surface area contributed by atoms with Gasteiger partial charge < -0.3 is 9.73 Å². The van der Waals surface area contributed by atoms with Crippen molar-refractivity contribution < 1.29 is 4.42 Å². The SMILES string of the molecule is CCCNC(C)c1ccc(-c2cccc3cnccc23)o1. The van der Waals surface area contributed by atoms with E-state index in [9.17, 15) is 0 Å². The van der Waals surface area contributed by atoms with E-state index in [-0.39, 0.29) is 6.04 Å². The molecule has 1 unspecified atom stereocenters. The number of aromatic nitrogens is 1. The van der Waals surface area contributed by atoms with Crippen molar-refractivity contribution in [1.82, 2.24) is 10.3 Å². The molecule has 3 aromatic rings. The van der Waals surface area contributed by atoms with Crippen LogP contribution in [-0.4, -0.2) is 11.5 Å². The monoisotopic (exact) mass is 280 g/mol. The second kappa shape index (κ2) is 6.10. The van der Waals surface area contributed by atoms with Crippen LogP contribution < -0.4 is 5.32 Å². The van der Waals surface area contributed by atoms with Gasteiger partial charge in [-0.1, -0.05) is 25.1 Å². The molecule has 108 valence electrons. The number of rotatable bonds is 5. The molecule has 0 saturated heterocycles. The Kier molecular flexibility index (Phi) is 4.02. The predicted octanol–water partition coefficient (Wildman–Crippen LogP) is 4.56. The molecule has 0 bridgehead atoms. The fraction of sp³-hybridized carbons (Fsp3) is 0.278. The molecule has 0 amide bonds. The highest BCUT2D eigenvalue weighted by Gasteiger charge is 2.12. The highest BCUT2D eigenvalue weighted by Crippen LogP contribution is 2.30. The summed E-state index contributed by atoms with van der Waals surface area (Å²) in [6.07, 6.45) is 4.82. The summed E-state index contributed by atoms with van der Waals surface area (Å²) in [6, 6.07) is 12.6. The van der Waals surface area contributed by atoms with Crippen LogP contribution in [0.25, 0.3) is 22.1 Å². The van der Waals surface area contributed by atoms with Gasteiger partial charge in [0.05, 0.1) is 6.04 Å². The molecule has 3 rings (SSSR count). The van der Waals surface area contributed by atoms with Gasteiger partial charge in [-0.05, 0) is 43.5 Å². The van der Waals surface area contributed by atoms with Crippen molar-refractivity contribution in [3.05, 3.63) is 54.6 Å². The fourth-order valence-corrected chi connectivity index (χ4v) is 2.53. The number of hydrogen-bond donors (Lipinski definition) is 1. The number of pyridine rings is 1. The van der Waals surface area contributed by atoms with Crippen molar-refractivity contribution >= 4 is 10.8 Å². The third-order valence-electron chi connectivity index (χ3n) is 3.70. The Morgan fingerprint density at radius 3 is 2.95 bits per heavy atom. The van der Waals surface area contributed by atoms with Gasteiger partial charge in [0.2, 0.25) is 0 Å². The Hall–Kier alpha value is -2.13. The number of benzene rings is 1. The van der Waals surface area contributed by atoms with Gasteiger partial charge in [0, 0.05) is 23.3 Å². The first-order chi connectivity index (χ1) is 10.3. The zero-order valence-corrected chi connectivity index (χ0v) is 12.5. The molecule has 2 aromatic heterocycles. The smallest absolute Gasteiger partial charge is 0.134 e. The second-order valence-corrected chi connectivity index (χ2v) is 5.28. The van der Waals surface area contributed by atoms with Crippen LogP contribution in [0, 0.1) is 0 Å². The first-order valence-corrected chi connectivity index (χ1v) is 7.46. The van der Waals surface area contributed by atoms with Crippen LogP contribution >= 0.6 is 0 Å². The molecule has 2 heterocycles. The zero-order valence-electron chi connectivity index (χ0n) is 12.5. The van der Waals surface area contributed by atoms with Crippen LogP contribution in [0.4, 0.5) is 0 Å². The quantitative estimate of drug-likeness (QED) is 0.744. The van der Waals surface area contributed by atoms with Gasteiger partial charge in [0.15, 0.2) is 0 Å². The summed E-state index contributed by atoms with van der Waals surface area (Å²) >= 11 is 0. The number of furan rings is 1. The summed E-state index contributed by atoms with van der Waals surface area (Å²) in [4.78, 5) is 4.17. The molecule has 0 saturated carbocycles. The summed E-state index contributed by atoms with van der Waals surface area (Å²) in [5.74, 6) is 1.89. The Balaban J connectivity index is 1.95. The molecule has 21 heavy (non-hydrogen) atoms. The molecule has 0 aliphatic rings. The zero-order chi connectivity index (χ0) is 14.7. The molecule has 1 N–H and O–H groups in total. The summed E-state index contributed by atoms with van der Waals surface area (Å²) in [6.45, 7) is 5.29. The highest BCUT2D eigenvalue weighted by molar-refractivity contribution is 5.94. The van der Waals surface area contributed by atoms with Gasteiger partial charge >= 0.3 is 0 Å². The Labute approximate surface area is 125 Å². The van der Waals surface area contributed by atoms with Crippen molar-refractivity contribution in [3.63, 3.8) is 0 Å². The lowest BCUT2D eigenvalue weighted by Gasteiger charge is -2.10. The van der Waals surface area contributed by atoms with E-state index in [1.54, 1.807) is 0 Å². The largest absolute Gasteiger partial charge is 0.459 e.